The van der Waals surface area contributed by atoms with Gasteiger partial charge in [0, 0.05) is 26.2 Å². The number of carboxylic acid groups (broad SMARTS) is 1. The smallest absolute Gasteiger partial charge is 0.319 e. The number of aliphatic carboxylic acids is 1. The molecule has 1 aromatic rings. The van der Waals surface area contributed by atoms with E-state index in [9.17, 15) is 9.59 Å². The molecule has 1 atom stereocenters. The molecule has 1 aromatic carbocycles. The number of benzene rings is 1. The Balaban J connectivity index is 2.56. The fourth-order valence-electron chi connectivity index (χ4n) is 2.25. The van der Waals surface area contributed by atoms with Crippen molar-refractivity contribution in [2.45, 2.75) is 32.7 Å². The number of carbonyl (C=O) groups is 2. The molecule has 5 heteroatoms. The van der Waals surface area contributed by atoms with Crippen molar-refractivity contribution in [1.82, 2.24) is 9.80 Å². The monoisotopic (exact) mass is 292 g/mol. The molecule has 0 bridgehead atoms. The fourth-order valence-corrected chi connectivity index (χ4v) is 2.25. The molecule has 116 valence electrons. The molecule has 5 nitrogen and oxygen atoms in total. The highest BCUT2D eigenvalue weighted by Crippen LogP contribution is 2.08. The highest BCUT2D eigenvalue weighted by Gasteiger charge is 2.23. The number of nitrogens with zero attached hydrogens (tertiary/aromatic N) is 2. The van der Waals surface area contributed by atoms with E-state index in [1.165, 1.54) is 5.56 Å². The van der Waals surface area contributed by atoms with E-state index in [0.29, 0.717) is 13.1 Å². The summed E-state index contributed by atoms with van der Waals surface area (Å²) < 4.78 is 0. The van der Waals surface area contributed by atoms with Crippen LogP contribution in [-0.4, -0.2) is 53.1 Å². The molecule has 0 saturated carbocycles. The molecule has 2 amide bonds. The van der Waals surface area contributed by atoms with Crippen molar-refractivity contribution in [2.24, 2.45) is 0 Å². The normalized spacial score (nSPS) is 11.8. The van der Waals surface area contributed by atoms with Gasteiger partial charge in [-0.3, -0.25) is 4.79 Å². The van der Waals surface area contributed by atoms with Crippen LogP contribution in [0.4, 0.5) is 4.79 Å². The molecule has 0 aromatic heterocycles. The lowest BCUT2D eigenvalue weighted by Crippen LogP contribution is -2.46. The molecular weight excluding hydrogens is 268 g/mol. The van der Waals surface area contributed by atoms with E-state index in [2.05, 4.69) is 0 Å². The van der Waals surface area contributed by atoms with Gasteiger partial charge in [-0.15, -0.1) is 0 Å². The van der Waals surface area contributed by atoms with E-state index < -0.39 is 5.97 Å². The van der Waals surface area contributed by atoms with Crippen LogP contribution < -0.4 is 0 Å². The number of hydrogen-bond donors (Lipinski definition) is 1. The SMILES string of the molecule is CCN(C(=O)N(C)CCc1ccccc1)C(C)CC(=O)O. The zero-order valence-corrected chi connectivity index (χ0v) is 13.0. The maximum atomic E-state index is 12.4. The van der Waals surface area contributed by atoms with Crippen LogP contribution in [0.25, 0.3) is 0 Å². The first-order valence-electron chi connectivity index (χ1n) is 7.23. The Bertz CT molecular complexity index is 462. The Hall–Kier alpha value is -2.04. The molecule has 1 rings (SSSR count). The summed E-state index contributed by atoms with van der Waals surface area (Å²) in [7, 11) is 1.75. The summed E-state index contributed by atoms with van der Waals surface area (Å²) in [6.45, 7) is 4.74. The average molecular weight is 292 g/mol. The molecule has 0 aliphatic carbocycles. The molecule has 0 aliphatic heterocycles. The third-order valence-corrected chi connectivity index (χ3v) is 3.49. The first-order valence-corrected chi connectivity index (χ1v) is 7.23. The van der Waals surface area contributed by atoms with Crippen LogP contribution in [0.1, 0.15) is 25.8 Å². The number of hydrogen-bond acceptors (Lipinski definition) is 2. The Morgan fingerprint density at radius 1 is 1.24 bits per heavy atom. The van der Waals surface area contributed by atoms with Crippen molar-refractivity contribution in [3.8, 4) is 0 Å². The first kappa shape index (κ1) is 17.0. The van der Waals surface area contributed by atoms with Crippen LogP contribution in [0.3, 0.4) is 0 Å². The van der Waals surface area contributed by atoms with E-state index in [-0.39, 0.29) is 18.5 Å². The third-order valence-electron chi connectivity index (χ3n) is 3.49. The van der Waals surface area contributed by atoms with E-state index in [4.69, 9.17) is 5.11 Å². The third kappa shape index (κ3) is 5.45. The zero-order chi connectivity index (χ0) is 15.8. The molecule has 0 saturated heterocycles. The lowest BCUT2D eigenvalue weighted by Gasteiger charge is -2.31. The number of likely N-dealkylation sites (N-methyl/N-ethyl adjacent to an activating group) is 1. The van der Waals surface area contributed by atoms with E-state index in [1.54, 1.807) is 23.8 Å². The predicted molar refractivity (Wildman–Crippen MR) is 82.3 cm³/mol. The lowest BCUT2D eigenvalue weighted by atomic mass is 10.1. The lowest BCUT2D eigenvalue weighted by molar-refractivity contribution is -0.138. The minimum Gasteiger partial charge on any atom is -0.481 e. The topological polar surface area (TPSA) is 60.9 Å². The van der Waals surface area contributed by atoms with Gasteiger partial charge in [0.25, 0.3) is 0 Å². The number of rotatable bonds is 7. The van der Waals surface area contributed by atoms with E-state index in [0.717, 1.165) is 6.42 Å². The maximum absolute atomic E-state index is 12.4. The number of carboxylic acids is 1. The summed E-state index contributed by atoms with van der Waals surface area (Å²) in [4.78, 5) is 26.4. The molecule has 0 spiro atoms. The largest absolute Gasteiger partial charge is 0.481 e. The van der Waals surface area contributed by atoms with Gasteiger partial charge in [0.05, 0.1) is 6.42 Å². The van der Waals surface area contributed by atoms with E-state index in [1.807, 2.05) is 37.3 Å². The summed E-state index contributed by atoms with van der Waals surface area (Å²) in [5.41, 5.74) is 1.18. The van der Waals surface area contributed by atoms with Crippen molar-refractivity contribution in [2.75, 3.05) is 20.1 Å². The van der Waals surface area contributed by atoms with Crippen LogP contribution in [-0.2, 0) is 11.2 Å². The van der Waals surface area contributed by atoms with Crippen LogP contribution in [0.5, 0.6) is 0 Å². The molecule has 1 unspecified atom stereocenters. The molecule has 0 radical (unpaired) electrons. The first-order chi connectivity index (χ1) is 9.95. The summed E-state index contributed by atoms with van der Waals surface area (Å²) in [5, 5.41) is 8.85. The molecule has 21 heavy (non-hydrogen) atoms. The van der Waals surface area contributed by atoms with Crippen molar-refractivity contribution in [3.63, 3.8) is 0 Å². The van der Waals surface area contributed by atoms with Gasteiger partial charge in [-0.1, -0.05) is 30.3 Å². The van der Waals surface area contributed by atoms with Gasteiger partial charge in [0.2, 0.25) is 0 Å². The summed E-state index contributed by atoms with van der Waals surface area (Å²) in [5.74, 6) is -0.888. The van der Waals surface area contributed by atoms with Crippen LogP contribution in [0, 0.1) is 0 Å². The second-order valence-electron chi connectivity index (χ2n) is 5.17. The van der Waals surface area contributed by atoms with Gasteiger partial charge in [0.15, 0.2) is 0 Å². The average Bonchev–Trinajstić information content (AvgIpc) is 2.45. The van der Waals surface area contributed by atoms with Crippen LogP contribution >= 0.6 is 0 Å². The quantitative estimate of drug-likeness (QED) is 0.839. The second-order valence-corrected chi connectivity index (χ2v) is 5.17. The van der Waals surface area contributed by atoms with Gasteiger partial charge in [-0.2, -0.15) is 0 Å². The van der Waals surface area contributed by atoms with Crippen molar-refractivity contribution in [1.29, 1.82) is 0 Å². The molecule has 1 N–H and O–H groups in total. The van der Waals surface area contributed by atoms with Crippen LogP contribution in [0.15, 0.2) is 30.3 Å². The predicted octanol–water partition coefficient (Wildman–Crippen LogP) is 2.47. The summed E-state index contributed by atoms with van der Waals surface area (Å²) in [6.07, 6.45) is 0.750. The van der Waals surface area contributed by atoms with Crippen molar-refractivity contribution in [3.05, 3.63) is 35.9 Å². The fraction of sp³-hybridized carbons (Fsp3) is 0.500. The van der Waals surface area contributed by atoms with Gasteiger partial charge >= 0.3 is 12.0 Å². The number of carbonyl (C=O) groups excluding carboxylic acids is 1. The molecular formula is C16H24N2O3. The van der Waals surface area contributed by atoms with Gasteiger partial charge in [-0.05, 0) is 25.8 Å². The number of urea groups is 1. The maximum Gasteiger partial charge on any atom is 0.319 e. The summed E-state index contributed by atoms with van der Waals surface area (Å²) in [6, 6.07) is 9.55. The van der Waals surface area contributed by atoms with E-state index >= 15 is 0 Å². The van der Waals surface area contributed by atoms with Crippen molar-refractivity contribution < 1.29 is 14.7 Å². The van der Waals surface area contributed by atoms with Gasteiger partial charge < -0.3 is 14.9 Å². The van der Waals surface area contributed by atoms with Gasteiger partial charge in [-0.25, -0.2) is 4.79 Å². The Kier molecular flexibility index (Phi) is 6.72. The Morgan fingerprint density at radius 2 is 1.86 bits per heavy atom. The Morgan fingerprint density at radius 3 is 2.38 bits per heavy atom. The Labute approximate surface area is 126 Å². The second kappa shape index (κ2) is 8.29. The highest BCUT2D eigenvalue weighted by atomic mass is 16.4. The zero-order valence-electron chi connectivity index (χ0n) is 13.0. The number of amides is 2. The summed E-state index contributed by atoms with van der Waals surface area (Å²) >= 11 is 0. The minimum absolute atomic E-state index is 0.0356. The molecule has 0 heterocycles. The highest BCUT2D eigenvalue weighted by molar-refractivity contribution is 5.75. The van der Waals surface area contributed by atoms with Crippen LogP contribution in [0.2, 0.25) is 0 Å². The van der Waals surface area contributed by atoms with Crippen molar-refractivity contribution >= 4 is 12.0 Å². The molecule has 0 aliphatic rings. The molecule has 0 fully saturated rings. The minimum atomic E-state index is -0.888. The standard InChI is InChI=1S/C16H24N2O3/c1-4-18(13(2)12-15(19)20)16(21)17(3)11-10-14-8-6-5-7-9-14/h5-9,13H,4,10-12H2,1-3H3,(H,19,20). The van der Waals surface area contributed by atoms with Gasteiger partial charge in [0.1, 0.15) is 0 Å².